The summed E-state index contributed by atoms with van der Waals surface area (Å²) in [5.41, 5.74) is 4.16. The minimum atomic E-state index is -0.257. The molecule has 0 aliphatic rings. The van der Waals surface area contributed by atoms with Crippen LogP contribution in [0.1, 0.15) is 29.1 Å². The summed E-state index contributed by atoms with van der Waals surface area (Å²) in [6, 6.07) is 9.33. The SMILES string of the molecule is Cc1nc2ncnn2c(C)c1CCC(=O)Nc1c(C)n(C)n(-c2ccccc2)c1=O. The van der Waals surface area contributed by atoms with Crippen LogP contribution in [0.2, 0.25) is 0 Å². The number of aryl methyl sites for hydroxylation is 2. The molecule has 0 aliphatic heterocycles. The third-order valence-corrected chi connectivity index (χ3v) is 5.41. The molecule has 0 saturated heterocycles. The second kappa shape index (κ2) is 7.58. The van der Waals surface area contributed by atoms with Gasteiger partial charge in [0.15, 0.2) is 0 Å². The number of nitrogens with one attached hydrogen (secondary N) is 1. The highest BCUT2D eigenvalue weighted by molar-refractivity contribution is 5.91. The molecule has 0 unspecified atom stereocenters. The number of nitrogens with zero attached hydrogens (tertiary/aromatic N) is 6. The van der Waals surface area contributed by atoms with Gasteiger partial charge < -0.3 is 5.32 Å². The number of hydrogen-bond acceptors (Lipinski definition) is 5. The molecule has 154 valence electrons. The van der Waals surface area contributed by atoms with Crippen LogP contribution < -0.4 is 10.9 Å². The van der Waals surface area contributed by atoms with Gasteiger partial charge in [0.2, 0.25) is 5.91 Å². The van der Waals surface area contributed by atoms with Crippen LogP contribution >= 0.6 is 0 Å². The van der Waals surface area contributed by atoms with Gasteiger partial charge in [0, 0.05) is 24.9 Å². The normalized spacial score (nSPS) is 11.2. The highest BCUT2D eigenvalue weighted by Crippen LogP contribution is 2.17. The van der Waals surface area contributed by atoms with E-state index in [1.165, 1.54) is 6.33 Å². The zero-order valence-corrected chi connectivity index (χ0v) is 17.4. The Morgan fingerprint density at radius 3 is 2.57 bits per heavy atom. The number of amides is 1. The molecule has 9 heteroatoms. The van der Waals surface area contributed by atoms with E-state index in [0.29, 0.717) is 23.6 Å². The van der Waals surface area contributed by atoms with E-state index < -0.39 is 0 Å². The number of carbonyl (C=O) groups excluding carboxylic acids is 1. The average Bonchev–Trinajstić information content (AvgIpc) is 3.27. The topological polar surface area (TPSA) is 99.1 Å². The number of anilines is 1. The molecule has 4 aromatic rings. The van der Waals surface area contributed by atoms with Gasteiger partial charge in [-0.25, -0.2) is 14.2 Å². The molecule has 0 radical (unpaired) electrons. The van der Waals surface area contributed by atoms with E-state index in [4.69, 9.17) is 0 Å². The van der Waals surface area contributed by atoms with Crippen molar-refractivity contribution in [2.24, 2.45) is 7.05 Å². The van der Waals surface area contributed by atoms with E-state index in [9.17, 15) is 9.59 Å². The molecule has 0 saturated carbocycles. The van der Waals surface area contributed by atoms with E-state index in [2.05, 4.69) is 20.4 Å². The number of fused-ring (bicyclic) bond motifs is 1. The summed E-state index contributed by atoms with van der Waals surface area (Å²) in [5, 5.41) is 6.98. The van der Waals surface area contributed by atoms with Crippen molar-refractivity contribution in [3.8, 4) is 5.69 Å². The summed E-state index contributed by atoms with van der Waals surface area (Å²) in [7, 11) is 1.80. The predicted octanol–water partition coefficient (Wildman–Crippen LogP) is 2.11. The summed E-state index contributed by atoms with van der Waals surface area (Å²) in [6.07, 6.45) is 2.18. The Bertz CT molecular complexity index is 1300. The third kappa shape index (κ3) is 3.28. The van der Waals surface area contributed by atoms with Gasteiger partial charge in [0.05, 0.1) is 11.4 Å². The molecular formula is C21H23N7O2. The zero-order valence-electron chi connectivity index (χ0n) is 17.4. The average molecular weight is 405 g/mol. The summed E-state index contributed by atoms with van der Waals surface area (Å²) in [5.74, 6) is 0.318. The highest BCUT2D eigenvalue weighted by atomic mass is 16.2. The van der Waals surface area contributed by atoms with Gasteiger partial charge in [-0.1, -0.05) is 18.2 Å². The summed E-state index contributed by atoms with van der Waals surface area (Å²) >= 11 is 0. The monoisotopic (exact) mass is 405 g/mol. The van der Waals surface area contributed by atoms with Crippen LogP contribution in [0.4, 0.5) is 5.69 Å². The van der Waals surface area contributed by atoms with Crippen molar-refractivity contribution >= 4 is 17.4 Å². The number of benzene rings is 1. The van der Waals surface area contributed by atoms with Gasteiger partial charge in [0.1, 0.15) is 12.0 Å². The Morgan fingerprint density at radius 2 is 1.83 bits per heavy atom. The molecule has 1 aromatic carbocycles. The third-order valence-electron chi connectivity index (χ3n) is 5.41. The van der Waals surface area contributed by atoms with Crippen LogP contribution in [0.3, 0.4) is 0 Å². The van der Waals surface area contributed by atoms with Crippen molar-refractivity contribution in [3.63, 3.8) is 0 Å². The van der Waals surface area contributed by atoms with Crippen LogP contribution in [0.5, 0.6) is 0 Å². The maximum Gasteiger partial charge on any atom is 0.295 e. The van der Waals surface area contributed by atoms with Crippen molar-refractivity contribution in [1.29, 1.82) is 0 Å². The zero-order chi connectivity index (χ0) is 21.4. The van der Waals surface area contributed by atoms with Crippen LogP contribution in [0.25, 0.3) is 11.5 Å². The Kier molecular flexibility index (Phi) is 4.94. The highest BCUT2D eigenvalue weighted by Gasteiger charge is 2.19. The van der Waals surface area contributed by atoms with E-state index in [0.717, 1.165) is 22.6 Å². The van der Waals surface area contributed by atoms with Crippen molar-refractivity contribution in [2.45, 2.75) is 33.6 Å². The Morgan fingerprint density at radius 1 is 1.10 bits per heavy atom. The molecule has 9 nitrogen and oxygen atoms in total. The molecule has 3 heterocycles. The Labute approximate surface area is 173 Å². The first-order valence-corrected chi connectivity index (χ1v) is 9.68. The molecule has 0 atom stereocenters. The molecule has 3 aromatic heterocycles. The minimum Gasteiger partial charge on any atom is -0.320 e. The first-order chi connectivity index (χ1) is 14.4. The summed E-state index contributed by atoms with van der Waals surface area (Å²) < 4.78 is 4.95. The lowest BCUT2D eigenvalue weighted by molar-refractivity contribution is -0.116. The predicted molar refractivity (Wildman–Crippen MR) is 113 cm³/mol. The van der Waals surface area contributed by atoms with Gasteiger partial charge >= 0.3 is 0 Å². The molecule has 0 fully saturated rings. The van der Waals surface area contributed by atoms with E-state index in [1.54, 1.807) is 20.9 Å². The second-order valence-electron chi connectivity index (χ2n) is 7.22. The number of aromatic nitrogens is 6. The fourth-order valence-corrected chi connectivity index (χ4v) is 3.67. The standard InChI is InChI=1S/C21H23N7O2/c1-13-17(14(2)27-21(24-13)22-12-23-27)10-11-18(29)25-19-15(3)26(4)28(20(19)30)16-8-6-5-7-9-16/h5-9,12H,10-11H2,1-4H3,(H,25,29). The summed E-state index contributed by atoms with van der Waals surface area (Å²) in [6.45, 7) is 5.64. The molecule has 1 N–H and O–H groups in total. The number of rotatable bonds is 5. The van der Waals surface area contributed by atoms with Crippen molar-refractivity contribution in [2.75, 3.05) is 5.32 Å². The number of carbonyl (C=O) groups is 1. The van der Waals surface area contributed by atoms with Crippen molar-refractivity contribution in [3.05, 3.63) is 69.7 Å². The van der Waals surface area contributed by atoms with Crippen molar-refractivity contribution in [1.82, 2.24) is 28.9 Å². The van der Waals surface area contributed by atoms with Gasteiger partial charge in [-0.05, 0) is 44.9 Å². The van der Waals surface area contributed by atoms with Crippen LogP contribution in [0, 0.1) is 20.8 Å². The molecule has 0 bridgehead atoms. The quantitative estimate of drug-likeness (QED) is 0.548. The second-order valence-corrected chi connectivity index (χ2v) is 7.22. The van der Waals surface area contributed by atoms with E-state index in [-0.39, 0.29) is 17.9 Å². The lowest BCUT2D eigenvalue weighted by atomic mass is 10.1. The maximum atomic E-state index is 12.9. The molecule has 4 rings (SSSR count). The van der Waals surface area contributed by atoms with Gasteiger partial charge in [-0.3, -0.25) is 14.3 Å². The smallest absolute Gasteiger partial charge is 0.295 e. The fraction of sp³-hybridized carbons (Fsp3) is 0.286. The molecule has 30 heavy (non-hydrogen) atoms. The lowest BCUT2D eigenvalue weighted by Gasteiger charge is -2.10. The number of para-hydroxylation sites is 1. The van der Waals surface area contributed by atoms with E-state index >= 15 is 0 Å². The van der Waals surface area contributed by atoms with Crippen LogP contribution in [0.15, 0.2) is 41.5 Å². The minimum absolute atomic E-state index is 0.224. The molecular weight excluding hydrogens is 382 g/mol. The first-order valence-electron chi connectivity index (χ1n) is 9.68. The van der Waals surface area contributed by atoms with Gasteiger partial charge in [-0.2, -0.15) is 10.1 Å². The molecule has 1 amide bonds. The van der Waals surface area contributed by atoms with E-state index in [1.807, 2.05) is 51.1 Å². The van der Waals surface area contributed by atoms with Crippen LogP contribution in [-0.2, 0) is 18.3 Å². The molecule has 0 spiro atoms. The van der Waals surface area contributed by atoms with Crippen molar-refractivity contribution < 1.29 is 4.79 Å². The first kappa shape index (κ1) is 19.6. The molecule has 0 aliphatic carbocycles. The van der Waals surface area contributed by atoms with Gasteiger partial charge in [-0.15, -0.1) is 0 Å². The largest absolute Gasteiger partial charge is 0.320 e. The summed E-state index contributed by atoms with van der Waals surface area (Å²) in [4.78, 5) is 34.2. The van der Waals surface area contributed by atoms with Gasteiger partial charge in [0.25, 0.3) is 11.3 Å². The maximum absolute atomic E-state index is 12.9. The lowest BCUT2D eigenvalue weighted by Crippen LogP contribution is -2.23. The van der Waals surface area contributed by atoms with Crippen LogP contribution in [-0.4, -0.2) is 34.9 Å². The Balaban J connectivity index is 1.55. The number of hydrogen-bond donors (Lipinski definition) is 1. The Hall–Kier alpha value is -3.75. The fourth-order valence-electron chi connectivity index (χ4n) is 3.67.